The molecule has 0 heterocycles. The Labute approximate surface area is 146 Å². The normalized spacial score (nSPS) is 12.9. The van der Waals surface area contributed by atoms with E-state index >= 15 is 0 Å². The zero-order valence-corrected chi connectivity index (χ0v) is 15.6. The second-order valence-corrected chi connectivity index (χ2v) is 5.92. The fourth-order valence-corrected chi connectivity index (χ4v) is 2.28. The lowest BCUT2D eigenvalue weighted by Crippen LogP contribution is -2.38. The highest BCUT2D eigenvalue weighted by Crippen LogP contribution is 2.16. The van der Waals surface area contributed by atoms with Crippen LogP contribution < -0.4 is 10.6 Å². The molecule has 136 valence electrons. The summed E-state index contributed by atoms with van der Waals surface area (Å²) in [4.78, 5) is 4.70. The molecule has 2 N–H and O–H groups in total. The summed E-state index contributed by atoms with van der Waals surface area (Å²) in [7, 11) is 1.68. The highest BCUT2D eigenvalue weighted by molar-refractivity contribution is 5.79. The van der Waals surface area contributed by atoms with Gasteiger partial charge in [-0.05, 0) is 25.8 Å². The van der Waals surface area contributed by atoms with E-state index in [0.717, 1.165) is 38.6 Å². The third kappa shape index (κ3) is 8.89. The van der Waals surface area contributed by atoms with Crippen LogP contribution in [0.3, 0.4) is 0 Å². The smallest absolute Gasteiger partial charge is 0.191 e. The molecule has 0 saturated carbocycles. The van der Waals surface area contributed by atoms with Gasteiger partial charge in [0.25, 0.3) is 0 Å². The van der Waals surface area contributed by atoms with Gasteiger partial charge in [-0.2, -0.15) is 0 Å². The zero-order chi connectivity index (χ0) is 17.6. The van der Waals surface area contributed by atoms with Crippen molar-refractivity contribution in [3.8, 4) is 0 Å². The predicted octanol–water partition coefficient (Wildman–Crippen LogP) is 2.71. The number of nitrogens with zero attached hydrogens (tertiary/aromatic N) is 1. The maximum Gasteiger partial charge on any atom is 0.191 e. The van der Waals surface area contributed by atoms with Gasteiger partial charge in [0, 0.05) is 39.3 Å². The molecular formula is C19H33N3O2. The van der Waals surface area contributed by atoms with Crippen molar-refractivity contribution in [3.63, 3.8) is 0 Å². The predicted molar refractivity (Wildman–Crippen MR) is 101 cm³/mol. The topological polar surface area (TPSA) is 54.9 Å². The molecule has 0 aliphatic heterocycles. The van der Waals surface area contributed by atoms with Gasteiger partial charge in [-0.25, -0.2) is 0 Å². The molecule has 1 atom stereocenters. The summed E-state index contributed by atoms with van der Waals surface area (Å²) >= 11 is 0. The van der Waals surface area contributed by atoms with Gasteiger partial charge >= 0.3 is 0 Å². The summed E-state index contributed by atoms with van der Waals surface area (Å²) in [6, 6.07) is 8.64. The molecule has 5 heteroatoms. The van der Waals surface area contributed by atoms with Crippen LogP contribution in [0.4, 0.5) is 0 Å². The van der Waals surface area contributed by atoms with Gasteiger partial charge in [-0.15, -0.1) is 0 Å². The van der Waals surface area contributed by atoms with E-state index in [9.17, 15) is 0 Å². The van der Waals surface area contributed by atoms with Crippen molar-refractivity contribution in [2.45, 2.75) is 33.1 Å². The molecule has 0 saturated heterocycles. The minimum absolute atomic E-state index is 0.401. The van der Waals surface area contributed by atoms with Crippen molar-refractivity contribution in [2.24, 2.45) is 4.99 Å². The van der Waals surface area contributed by atoms with Crippen LogP contribution in [0.2, 0.25) is 0 Å². The molecular weight excluding hydrogens is 302 g/mol. The minimum atomic E-state index is 0.401. The first-order valence-corrected chi connectivity index (χ1v) is 8.82. The van der Waals surface area contributed by atoms with Gasteiger partial charge in [-0.3, -0.25) is 4.99 Å². The quantitative estimate of drug-likeness (QED) is 0.371. The molecule has 0 radical (unpaired) electrons. The standard InChI is InChI=1S/C19H33N3O2/c1-5-20-19(21-10-7-11-24-13-12-23-4)22-15-17(3)18-9-6-8-16(2)14-18/h6,8-9,14,17H,5,7,10-13,15H2,1-4H3,(H2,20,21,22). The molecule has 0 bridgehead atoms. The van der Waals surface area contributed by atoms with Gasteiger partial charge < -0.3 is 20.1 Å². The molecule has 5 nitrogen and oxygen atoms in total. The zero-order valence-electron chi connectivity index (χ0n) is 15.6. The number of guanidine groups is 1. The number of ether oxygens (including phenoxy) is 2. The van der Waals surface area contributed by atoms with Crippen LogP contribution in [0.25, 0.3) is 0 Å². The van der Waals surface area contributed by atoms with Crippen molar-refractivity contribution >= 4 is 5.96 Å². The number of aliphatic imine (C=N–C) groups is 1. The molecule has 1 aromatic carbocycles. The number of rotatable bonds is 11. The summed E-state index contributed by atoms with van der Waals surface area (Å²) in [5.74, 6) is 1.27. The van der Waals surface area contributed by atoms with E-state index in [1.807, 2.05) is 0 Å². The van der Waals surface area contributed by atoms with E-state index in [1.165, 1.54) is 11.1 Å². The molecule has 0 aliphatic rings. The van der Waals surface area contributed by atoms with E-state index in [-0.39, 0.29) is 0 Å². The lowest BCUT2D eigenvalue weighted by Gasteiger charge is -2.14. The molecule has 0 aromatic heterocycles. The Balaban J connectivity index is 2.36. The Morgan fingerprint density at radius 2 is 2.04 bits per heavy atom. The summed E-state index contributed by atoms with van der Waals surface area (Å²) in [5.41, 5.74) is 2.63. The molecule has 1 unspecified atom stereocenters. The molecule has 0 fully saturated rings. The summed E-state index contributed by atoms with van der Waals surface area (Å²) in [5, 5.41) is 6.65. The van der Waals surface area contributed by atoms with Crippen LogP contribution in [-0.2, 0) is 9.47 Å². The number of nitrogens with one attached hydrogen (secondary N) is 2. The van der Waals surface area contributed by atoms with Crippen molar-refractivity contribution in [1.29, 1.82) is 0 Å². The number of methoxy groups -OCH3 is 1. The number of hydrogen-bond donors (Lipinski definition) is 2. The fourth-order valence-electron chi connectivity index (χ4n) is 2.28. The van der Waals surface area contributed by atoms with Crippen molar-refractivity contribution in [1.82, 2.24) is 10.6 Å². The van der Waals surface area contributed by atoms with E-state index < -0.39 is 0 Å². The fraction of sp³-hybridized carbons (Fsp3) is 0.632. The monoisotopic (exact) mass is 335 g/mol. The maximum atomic E-state index is 5.46. The Kier molecular flexibility index (Phi) is 10.9. The van der Waals surface area contributed by atoms with Crippen molar-refractivity contribution < 1.29 is 9.47 Å². The van der Waals surface area contributed by atoms with Crippen LogP contribution in [0.15, 0.2) is 29.3 Å². The number of benzene rings is 1. The third-order valence-electron chi connectivity index (χ3n) is 3.67. The van der Waals surface area contributed by atoms with Gasteiger partial charge in [0.05, 0.1) is 13.2 Å². The average Bonchev–Trinajstić information content (AvgIpc) is 2.58. The van der Waals surface area contributed by atoms with Crippen LogP contribution >= 0.6 is 0 Å². The second-order valence-electron chi connectivity index (χ2n) is 5.92. The Morgan fingerprint density at radius 1 is 1.21 bits per heavy atom. The first-order valence-electron chi connectivity index (χ1n) is 8.82. The average molecular weight is 335 g/mol. The van der Waals surface area contributed by atoms with Crippen LogP contribution in [-0.4, -0.2) is 52.5 Å². The van der Waals surface area contributed by atoms with E-state index in [2.05, 4.69) is 55.7 Å². The lowest BCUT2D eigenvalue weighted by atomic mass is 10.00. The second kappa shape index (κ2) is 12.8. The highest BCUT2D eigenvalue weighted by atomic mass is 16.5. The van der Waals surface area contributed by atoms with Crippen LogP contribution in [0, 0.1) is 6.92 Å². The summed E-state index contributed by atoms with van der Waals surface area (Å²) in [6.45, 7) is 10.9. The number of aryl methyl sites for hydroxylation is 1. The molecule has 1 rings (SSSR count). The van der Waals surface area contributed by atoms with Crippen LogP contribution in [0.5, 0.6) is 0 Å². The van der Waals surface area contributed by atoms with Gasteiger partial charge in [0.1, 0.15) is 0 Å². The summed E-state index contributed by atoms with van der Waals surface area (Å²) < 4.78 is 10.4. The molecule has 1 aromatic rings. The van der Waals surface area contributed by atoms with Crippen molar-refractivity contribution in [2.75, 3.05) is 46.6 Å². The van der Waals surface area contributed by atoms with Crippen molar-refractivity contribution in [3.05, 3.63) is 35.4 Å². The highest BCUT2D eigenvalue weighted by Gasteiger charge is 2.05. The largest absolute Gasteiger partial charge is 0.382 e. The maximum absolute atomic E-state index is 5.46. The Hall–Kier alpha value is -1.59. The van der Waals surface area contributed by atoms with E-state index in [4.69, 9.17) is 14.5 Å². The Morgan fingerprint density at radius 3 is 2.75 bits per heavy atom. The van der Waals surface area contributed by atoms with E-state index in [0.29, 0.717) is 19.1 Å². The SMILES string of the molecule is CCNC(=NCC(C)c1cccc(C)c1)NCCCOCCOC. The van der Waals surface area contributed by atoms with Gasteiger partial charge in [0.15, 0.2) is 5.96 Å². The lowest BCUT2D eigenvalue weighted by molar-refractivity contribution is 0.0698. The third-order valence-corrected chi connectivity index (χ3v) is 3.67. The minimum Gasteiger partial charge on any atom is -0.382 e. The first-order chi connectivity index (χ1) is 11.7. The number of hydrogen-bond acceptors (Lipinski definition) is 3. The van der Waals surface area contributed by atoms with E-state index in [1.54, 1.807) is 7.11 Å². The molecule has 0 amide bonds. The Bertz CT molecular complexity index is 477. The first kappa shape index (κ1) is 20.5. The van der Waals surface area contributed by atoms with Gasteiger partial charge in [0.2, 0.25) is 0 Å². The molecule has 24 heavy (non-hydrogen) atoms. The summed E-state index contributed by atoms with van der Waals surface area (Å²) in [6.07, 6.45) is 0.946. The molecule has 0 aliphatic carbocycles. The van der Waals surface area contributed by atoms with Gasteiger partial charge in [-0.1, -0.05) is 36.8 Å². The van der Waals surface area contributed by atoms with Crippen LogP contribution in [0.1, 0.15) is 37.3 Å². The molecule has 0 spiro atoms.